The molecule has 2 aliphatic rings. The van der Waals surface area contributed by atoms with Crippen molar-refractivity contribution in [2.75, 3.05) is 25.0 Å². The highest BCUT2D eigenvalue weighted by atomic mass is 35.5. The molecule has 3 heteroatoms. The molecule has 2 bridgehead atoms. The number of likely N-dealkylation sites (N-methyl/N-ethyl adjacent to an activating group) is 1. The van der Waals surface area contributed by atoms with Gasteiger partial charge in [-0.25, -0.2) is 0 Å². The van der Waals surface area contributed by atoms with Gasteiger partial charge in [0.05, 0.1) is 0 Å². The van der Waals surface area contributed by atoms with Crippen LogP contribution in [0.3, 0.4) is 0 Å². The van der Waals surface area contributed by atoms with Crippen LogP contribution in [0, 0.1) is 0 Å². The Morgan fingerprint density at radius 3 is 2.56 bits per heavy atom. The van der Waals surface area contributed by atoms with E-state index in [1.807, 2.05) is 0 Å². The summed E-state index contributed by atoms with van der Waals surface area (Å²) in [6.07, 6.45) is 4.04. The van der Waals surface area contributed by atoms with Crippen molar-refractivity contribution in [1.29, 1.82) is 0 Å². The van der Waals surface area contributed by atoms with Gasteiger partial charge in [-0.1, -0.05) is 12.1 Å². The summed E-state index contributed by atoms with van der Waals surface area (Å²) in [4.78, 5) is 5.13. The lowest BCUT2D eigenvalue weighted by Crippen LogP contribution is -2.36. The van der Waals surface area contributed by atoms with Crippen LogP contribution in [0.15, 0.2) is 24.3 Å². The highest BCUT2D eigenvalue weighted by Gasteiger charge is 2.34. The van der Waals surface area contributed by atoms with Gasteiger partial charge >= 0.3 is 0 Å². The van der Waals surface area contributed by atoms with Crippen LogP contribution in [0.1, 0.15) is 24.8 Å². The van der Waals surface area contributed by atoms with Gasteiger partial charge in [0, 0.05) is 36.7 Å². The zero-order valence-corrected chi connectivity index (χ0v) is 11.7. The van der Waals surface area contributed by atoms with E-state index in [-0.39, 0.29) is 0 Å². The molecule has 0 saturated carbocycles. The van der Waals surface area contributed by atoms with Crippen LogP contribution in [0.25, 0.3) is 0 Å². The first-order chi connectivity index (χ1) is 8.78. The highest BCUT2D eigenvalue weighted by molar-refractivity contribution is 6.17. The number of alkyl halides is 1. The van der Waals surface area contributed by atoms with Gasteiger partial charge in [-0.3, -0.25) is 4.90 Å². The van der Waals surface area contributed by atoms with Gasteiger partial charge in [0.15, 0.2) is 0 Å². The zero-order chi connectivity index (χ0) is 12.5. The third-order valence-corrected chi connectivity index (χ3v) is 4.91. The van der Waals surface area contributed by atoms with E-state index < -0.39 is 0 Å². The van der Waals surface area contributed by atoms with Crippen LogP contribution in [0.5, 0.6) is 0 Å². The molecule has 0 aliphatic carbocycles. The minimum atomic E-state index is 0.605. The van der Waals surface area contributed by atoms with Crippen LogP contribution in [-0.4, -0.2) is 37.1 Å². The number of hydrogen-bond donors (Lipinski definition) is 0. The first-order valence-corrected chi connectivity index (χ1v) is 7.43. The van der Waals surface area contributed by atoms with Gasteiger partial charge in [-0.15, -0.1) is 11.6 Å². The fourth-order valence-electron chi connectivity index (χ4n) is 3.34. The van der Waals surface area contributed by atoms with Gasteiger partial charge in [0.25, 0.3) is 0 Å². The van der Waals surface area contributed by atoms with E-state index >= 15 is 0 Å². The summed E-state index contributed by atoms with van der Waals surface area (Å²) in [5.74, 6) is 0.605. The van der Waals surface area contributed by atoms with Crippen LogP contribution in [0.4, 0.5) is 5.69 Å². The number of halogens is 1. The van der Waals surface area contributed by atoms with E-state index in [2.05, 4.69) is 41.1 Å². The molecular formula is C15H21ClN2. The molecule has 0 radical (unpaired) electrons. The minimum Gasteiger partial charge on any atom is -0.370 e. The zero-order valence-electron chi connectivity index (χ0n) is 11.0. The average molecular weight is 265 g/mol. The molecule has 1 aromatic rings. The lowest BCUT2D eigenvalue weighted by atomic mass is 10.1. The summed E-state index contributed by atoms with van der Waals surface area (Å²) in [7, 11) is 2.29. The van der Waals surface area contributed by atoms with Crippen LogP contribution in [-0.2, 0) is 5.88 Å². The summed E-state index contributed by atoms with van der Waals surface area (Å²) >= 11 is 5.84. The van der Waals surface area contributed by atoms with Crippen molar-refractivity contribution < 1.29 is 0 Å². The SMILES string of the molecule is CN1C2CCC1CN(c1ccc(CCl)cc1)CC2. The molecular weight excluding hydrogens is 244 g/mol. The standard InChI is InChI=1S/C15H21ClN2/c1-17-13-6-7-15(17)11-18(9-8-13)14-4-2-12(10-16)3-5-14/h2-5,13,15H,6-11H2,1H3. The van der Waals surface area contributed by atoms with Gasteiger partial charge in [0.2, 0.25) is 0 Å². The molecule has 2 atom stereocenters. The Balaban J connectivity index is 1.76. The smallest absolute Gasteiger partial charge is 0.0474 e. The number of anilines is 1. The predicted molar refractivity (Wildman–Crippen MR) is 77.4 cm³/mol. The first-order valence-electron chi connectivity index (χ1n) is 6.89. The summed E-state index contributed by atoms with van der Waals surface area (Å²) < 4.78 is 0. The Bertz CT molecular complexity index is 403. The second kappa shape index (κ2) is 5.10. The molecule has 3 rings (SSSR count). The van der Waals surface area contributed by atoms with E-state index in [0.29, 0.717) is 5.88 Å². The van der Waals surface area contributed by atoms with Crippen LogP contribution < -0.4 is 4.90 Å². The van der Waals surface area contributed by atoms with Crippen LogP contribution >= 0.6 is 11.6 Å². The van der Waals surface area contributed by atoms with Crippen molar-refractivity contribution in [2.45, 2.75) is 37.2 Å². The van der Waals surface area contributed by atoms with Gasteiger partial charge < -0.3 is 4.90 Å². The molecule has 0 N–H and O–H groups in total. The second-order valence-electron chi connectivity index (χ2n) is 5.59. The molecule has 2 heterocycles. The number of nitrogens with zero attached hydrogens (tertiary/aromatic N) is 2. The molecule has 1 aromatic carbocycles. The largest absolute Gasteiger partial charge is 0.370 e. The van der Waals surface area contributed by atoms with E-state index in [1.165, 1.54) is 43.6 Å². The van der Waals surface area contributed by atoms with Crippen molar-refractivity contribution in [3.8, 4) is 0 Å². The summed E-state index contributed by atoms with van der Waals surface area (Å²) in [5.41, 5.74) is 2.55. The lowest BCUT2D eigenvalue weighted by Gasteiger charge is -2.27. The molecule has 2 saturated heterocycles. The van der Waals surface area contributed by atoms with E-state index in [0.717, 1.165) is 12.1 Å². The van der Waals surface area contributed by atoms with Crippen LogP contribution in [0.2, 0.25) is 0 Å². The van der Waals surface area contributed by atoms with Crippen molar-refractivity contribution in [1.82, 2.24) is 4.90 Å². The number of fused-ring (bicyclic) bond motifs is 2. The fourth-order valence-corrected chi connectivity index (χ4v) is 3.52. The maximum absolute atomic E-state index is 5.84. The van der Waals surface area contributed by atoms with E-state index in [1.54, 1.807) is 0 Å². The second-order valence-corrected chi connectivity index (χ2v) is 5.85. The molecule has 0 spiro atoms. The maximum atomic E-state index is 5.84. The predicted octanol–water partition coefficient (Wildman–Crippen LogP) is 3.10. The summed E-state index contributed by atoms with van der Waals surface area (Å²) in [6, 6.07) is 10.3. The molecule has 0 amide bonds. The number of benzene rings is 1. The van der Waals surface area contributed by atoms with Gasteiger partial charge in [0.1, 0.15) is 0 Å². The normalized spacial score (nSPS) is 28.4. The van der Waals surface area contributed by atoms with Crippen molar-refractivity contribution in [2.24, 2.45) is 0 Å². The molecule has 2 unspecified atom stereocenters. The Kier molecular flexibility index (Phi) is 3.49. The molecule has 2 aliphatic heterocycles. The highest BCUT2D eigenvalue weighted by Crippen LogP contribution is 2.30. The Morgan fingerprint density at radius 1 is 1.11 bits per heavy atom. The monoisotopic (exact) mass is 264 g/mol. The number of rotatable bonds is 2. The first kappa shape index (κ1) is 12.3. The van der Waals surface area contributed by atoms with E-state index in [4.69, 9.17) is 11.6 Å². The summed E-state index contributed by atoms with van der Waals surface area (Å²) in [5, 5.41) is 0. The third kappa shape index (κ3) is 2.24. The lowest BCUT2D eigenvalue weighted by molar-refractivity contribution is 0.254. The quantitative estimate of drug-likeness (QED) is 0.758. The Morgan fingerprint density at radius 2 is 1.83 bits per heavy atom. The topological polar surface area (TPSA) is 6.48 Å². The Hall–Kier alpha value is -0.730. The molecule has 2 fully saturated rings. The van der Waals surface area contributed by atoms with Crippen molar-refractivity contribution in [3.63, 3.8) is 0 Å². The molecule has 0 aromatic heterocycles. The van der Waals surface area contributed by atoms with Gasteiger partial charge in [-0.2, -0.15) is 0 Å². The summed E-state index contributed by atoms with van der Waals surface area (Å²) in [6.45, 7) is 2.36. The Labute approximate surface area is 115 Å². The third-order valence-electron chi connectivity index (χ3n) is 4.60. The maximum Gasteiger partial charge on any atom is 0.0474 e. The molecule has 98 valence electrons. The average Bonchev–Trinajstić information content (AvgIpc) is 2.64. The fraction of sp³-hybridized carbons (Fsp3) is 0.600. The van der Waals surface area contributed by atoms with E-state index in [9.17, 15) is 0 Å². The van der Waals surface area contributed by atoms with Crippen molar-refractivity contribution in [3.05, 3.63) is 29.8 Å². The van der Waals surface area contributed by atoms with Gasteiger partial charge in [-0.05, 0) is 44.0 Å². The molecule has 2 nitrogen and oxygen atoms in total. The number of hydrogen-bond acceptors (Lipinski definition) is 2. The molecule has 18 heavy (non-hydrogen) atoms. The minimum absolute atomic E-state index is 0.605. The van der Waals surface area contributed by atoms with Crippen molar-refractivity contribution >= 4 is 17.3 Å².